The molecule has 0 unspecified atom stereocenters. The molecule has 0 fully saturated rings. The van der Waals surface area contributed by atoms with Crippen molar-refractivity contribution in [2.75, 3.05) is 0 Å². The van der Waals surface area contributed by atoms with Gasteiger partial charge >= 0.3 is 0 Å². The number of aromatic nitrogens is 1. The van der Waals surface area contributed by atoms with Gasteiger partial charge in [0.15, 0.2) is 0 Å². The number of nitrogens with one attached hydrogen (secondary N) is 1. The number of halogens is 1. The van der Waals surface area contributed by atoms with Crippen LogP contribution in [0.3, 0.4) is 0 Å². The Labute approximate surface area is 161 Å². The van der Waals surface area contributed by atoms with E-state index in [2.05, 4.69) is 10.3 Å². The highest BCUT2D eigenvalue weighted by Crippen LogP contribution is 2.16. The first-order chi connectivity index (χ1) is 13.1. The molecule has 0 saturated heterocycles. The van der Waals surface area contributed by atoms with Crippen LogP contribution in [0.25, 0.3) is 6.08 Å². The summed E-state index contributed by atoms with van der Waals surface area (Å²) in [5, 5.41) is 5.66. The number of carbonyl (C=O) groups is 1. The molecule has 3 aromatic rings. The van der Waals surface area contributed by atoms with Crippen LogP contribution in [0.15, 0.2) is 60.0 Å². The average Bonchev–Trinajstić information content (AvgIpc) is 3.10. The zero-order valence-corrected chi connectivity index (χ0v) is 15.6. The summed E-state index contributed by atoms with van der Waals surface area (Å²) in [7, 11) is 0. The second kappa shape index (κ2) is 9.09. The third-order valence-electron chi connectivity index (χ3n) is 3.77. The highest BCUT2D eigenvalue weighted by atomic mass is 32.1. The van der Waals surface area contributed by atoms with Gasteiger partial charge in [0.1, 0.15) is 18.2 Å². The van der Waals surface area contributed by atoms with Crippen LogP contribution < -0.4 is 10.1 Å². The molecule has 4 nitrogen and oxygen atoms in total. The summed E-state index contributed by atoms with van der Waals surface area (Å²) >= 11 is 1.60. The largest absolute Gasteiger partial charge is 0.487 e. The first kappa shape index (κ1) is 18.8. The fourth-order valence-corrected chi connectivity index (χ4v) is 2.96. The van der Waals surface area contributed by atoms with Crippen LogP contribution in [-0.4, -0.2) is 10.9 Å². The van der Waals surface area contributed by atoms with Crippen LogP contribution in [0.1, 0.15) is 21.8 Å². The molecule has 1 heterocycles. The molecular formula is C21H19FN2O2S. The zero-order valence-electron chi connectivity index (χ0n) is 14.8. The van der Waals surface area contributed by atoms with Gasteiger partial charge in [-0.3, -0.25) is 4.79 Å². The average molecular weight is 382 g/mol. The third-order valence-corrected chi connectivity index (χ3v) is 4.59. The maximum absolute atomic E-state index is 13.5. The summed E-state index contributed by atoms with van der Waals surface area (Å²) < 4.78 is 19.2. The Morgan fingerprint density at radius 2 is 2.00 bits per heavy atom. The van der Waals surface area contributed by atoms with E-state index in [1.807, 2.05) is 36.6 Å². The van der Waals surface area contributed by atoms with Gasteiger partial charge in [0, 0.05) is 23.6 Å². The highest BCUT2D eigenvalue weighted by molar-refractivity contribution is 7.09. The highest BCUT2D eigenvalue weighted by Gasteiger charge is 2.02. The summed E-state index contributed by atoms with van der Waals surface area (Å²) in [4.78, 5) is 16.2. The van der Waals surface area contributed by atoms with Crippen molar-refractivity contribution in [3.8, 4) is 5.75 Å². The van der Waals surface area contributed by atoms with Crippen molar-refractivity contribution in [2.45, 2.75) is 20.1 Å². The monoisotopic (exact) mass is 382 g/mol. The molecule has 1 amide bonds. The zero-order chi connectivity index (χ0) is 19.1. The number of thiazole rings is 1. The molecule has 1 N–H and O–H groups in total. The minimum atomic E-state index is -0.329. The van der Waals surface area contributed by atoms with E-state index in [1.54, 1.807) is 35.6 Å². The fourth-order valence-electron chi connectivity index (χ4n) is 2.36. The molecule has 0 aliphatic carbocycles. The summed E-state index contributed by atoms with van der Waals surface area (Å²) in [5.41, 5.74) is 2.23. The summed E-state index contributed by atoms with van der Waals surface area (Å²) in [6.45, 7) is 2.54. The number of nitrogens with zero attached hydrogens (tertiary/aromatic N) is 1. The van der Waals surface area contributed by atoms with Crippen LogP contribution in [0, 0.1) is 12.7 Å². The van der Waals surface area contributed by atoms with Crippen LogP contribution in [-0.2, 0) is 17.9 Å². The minimum Gasteiger partial charge on any atom is -0.487 e. The molecule has 6 heteroatoms. The molecule has 0 spiro atoms. The minimum absolute atomic E-state index is 0.152. The number of hydrogen-bond acceptors (Lipinski definition) is 4. The Balaban J connectivity index is 1.48. The Hall–Kier alpha value is -2.99. The van der Waals surface area contributed by atoms with E-state index < -0.39 is 0 Å². The number of benzene rings is 2. The maximum atomic E-state index is 13.5. The summed E-state index contributed by atoms with van der Waals surface area (Å²) in [5.74, 6) is 0.129. The van der Waals surface area contributed by atoms with Crippen LogP contribution >= 0.6 is 11.3 Å². The Morgan fingerprint density at radius 3 is 2.70 bits per heavy atom. The lowest BCUT2D eigenvalue weighted by molar-refractivity contribution is -0.116. The summed E-state index contributed by atoms with van der Waals surface area (Å²) in [6.07, 6.45) is 3.12. The van der Waals surface area contributed by atoms with E-state index >= 15 is 0 Å². The lowest BCUT2D eigenvalue weighted by Gasteiger charge is -2.05. The van der Waals surface area contributed by atoms with Crippen molar-refractivity contribution in [3.05, 3.63) is 87.6 Å². The number of amides is 1. The first-order valence-electron chi connectivity index (χ1n) is 8.43. The molecule has 27 heavy (non-hydrogen) atoms. The van der Waals surface area contributed by atoms with Gasteiger partial charge in [0.05, 0.1) is 10.7 Å². The van der Waals surface area contributed by atoms with E-state index in [0.717, 1.165) is 22.0 Å². The number of aryl methyl sites for hydroxylation is 1. The van der Waals surface area contributed by atoms with E-state index in [-0.39, 0.29) is 18.3 Å². The standard InChI is InChI=1S/C21H19FN2O2S/c1-15-24-18(14-27-15)13-26-19-9-6-16(7-10-19)8-11-21(25)23-12-17-4-2-3-5-20(17)22/h2-11,14H,12-13H2,1H3,(H,23,25)/b11-8+. The van der Waals surface area contributed by atoms with E-state index in [0.29, 0.717) is 12.2 Å². The van der Waals surface area contributed by atoms with E-state index in [1.165, 1.54) is 12.1 Å². The molecule has 138 valence electrons. The molecule has 0 aliphatic rings. The second-order valence-electron chi connectivity index (χ2n) is 5.86. The Morgan fingerprint density at radius 1 is 1.22 bits per heavy atom. The van der Waals surface area contributed by atoms with Crippen molar-refractivity contribution in [3.63, 3.8) is 0 Å². The molecule has 2 aromatic carbocycles. The second-order valence-corrected chi connectivity index (χ2v) is 6.92. The van der Waals surface area contributed by atoms with Crippen LogP contribution in [0.2, 0.25) is 0 Å². The number of ether oxygens (including phenoxy) is 1. The van der Waals surface area contributed by atoms with Crippen LogP contribution in [0.4, 0.5) is 4.39 Å². The smallest absolute Gasteiger partial charge is 0.244 e. The summed E-state index contributed by atoms with van der Waals surface area (Å²) in [6, 6.07) is 13.8. The van der Waals surface area contributed by atoms with Crippen molar-refractivity contribution >= 4 is 23.3 Å². The van der Waals surface area contributed by atoms with Gasteiger partial charge < -0.3 is 10.1 Å². The molecule has 0 atom stereocenters. The van der Waals surface area contributed by atoms with Crippen molar-refractivity contribution in [2.24, 2.45) is 0 Å². The van der Waals surface area contributed by atoms with Crippen LogP contribution in [0.5, 0.6) is 5.75 Å². The van der Waals surface area contributed by atoms with Gasteiger partial charge in [-0.25, -0.2) is 9.37 Å². The van der Waals surface area contributed by atoms with Crippen molar-refractivity contribution in [1.82, 2.24) is 10.3 Å². The number of rotatable bonds is 7. The first-order valence-corrected chi connectivity index (χ1v) is 9.31. The molecule has 0 aliphatic heterocycles. The molecule has 0 radical (unpaired) electrons. The quantitative estimate of drug-likeness (QED) is 0.612. The molecule has 3 rings (SSSR count). The van der Waals surface area contributed by atoms with Gasteiger partial charge in [-0.05, 0) is 36.8 Å². The lowest BCUT2D eigenvalue weighted by Crippen LogP contribution is -2.20. The van der Waals surface area contributed by atoms with Gasteiger partial charge in [-0.1, -0.05) is 30.3 Å². The molecule has 0 saturated carbocycles. The van der Waals surface area contributed by atoms with Crippen molar-refractivity contribution < 1.29 is 13.9 Å². The molecular weight excluding hydrogens is 363 g/mol. The van der Waals surface area contributed by atoms with Gasteiger partial charge in [0.25, 0.3) is 0 Å². The molecule has 0 bridgehead atoms. The molecule has 1 aromatic heterocycles. The maximum Gasteiger partial charge on any atom is 0.244 e. The Bertz CT molecular complexity index is 935. The van der Waals surface area contributed by atoms with Gasteiger partial charge in [0.2, 0.25) is 5.91 Å². The normalized spacial score (nSPS) is 10.9. The lowest BCUT2D eigenvalue weighted by atomic mass is 10.2. The fraction of sp³-hybridized carbons (Fsp3) is 0.143. The SMILES string of the molecule is Cc1nc(COc2ccc(/C=C/C(=O)NCc3ccccc3F)cc2)cs1. The van der Waals surface area contributed by atoms with Gasteiger partial charge in [-0.2, -0.15) is 0 Å². The predicted molar refractivity (Wildman–Crippen MR) is 105 cm³/mol. The van der Waals surface area contributed by atoms with E-state index in [9.17, 15) is 9.18 Å². The number of carbonyl (C=O) groups excluding carboxylic acids is 1. The third kappa shape index (κ3) is 5.76. The van der Waals surface area contributed by atoms with E-state index in [4.69, 9.17) is 4.74 Å². The van der Waals surface area contributed by atoms with Crippen molar-refractivity contribution in [1.29, 1.82) is 0 Å². The Kier molecular flexibility index (Phi) is 6.33. The predicted octanol–water partition coefficient (Wildman–Crippen LogP) is 4.50. The van der Waals surface area contributed by atoms with Gasteiger partial charge in [-0.15, -0.1) is 11.3 Å². The number of hydrogen-bond donors (Lipinski definition) is 1. The topological polar surface area (TPSA) is 51.2 Å².